The zero-order valence-electron chi connectivity index (χ0n) is 16.1. The molecule has 0 aromatic heterocycles. The van der Waals surface area contributed by atoms with E-state index in [2.05, 4.69) is 5.32 Å². The predicted octanol–water partition coefficient (Wildman–Crippen LogP) is 5.67. The molecule has 1 N–H and O–H groups in total. The molecule has 29 heavy (non-hydrogen) atoms. The van der Waals surface area contributed by atoms with Crippen LogP contribution in [0.3, 0.4) is 0 Å². The summed E-state index contributed by atoms with van der Waals surface area (Å²) in [6.45, 7) is 3.78. The number of rotatable bonds is 7. The Balaban J connectivity index is 2.30. The number of methoxy groups -OCH3 is 1. The summed E-state index contributed by atoms with van der Waals surface area (Å²) in [5, 5.41) is 13.2. The largest absolute Gasteiger partial charge is 0.493 e. The van der Waals surface area contributed by atoms with Gasteiger partial charge in [0.15, 0.2) is 11.5 Å². The van der Waals surface area contributed by atoms with Crippen LogP contribution in [-0.2, 0) is 11.4 Å². The first-order valence-corrected chi connectivity index (χ1v) is 9.75. The molecule has 0 heterocycles. The van der Waals surface area contributed by atoms with Gasteiger partial charge in [-0.05, 0) is 49.8 Å². The second-order valence-electron chi connectivity index (χ2n) is 6.36. The van der Waals surface area contributed by atoms with Crippen molar-refractivity contribution in [3.63, 3.8) is 0 Å². The average molecular weight is 454 g/mol. The summed E-state index contributed by atoms with van der Waals surface area (Å²) >= 11 is 18.4. The van der Waals surface area contributed by atoms with Crippen molar-refractivity contribution in [3.8, 4) is 17.6 Å². The van der Waals surface area contributed by atoms with Gasteiger partial charge >= 0.3 is 0 Å². The Bertz CT molecular complexity index is 982. The molecular weight excluding hydrogens is 435 g/mol. The number of nitrogens with one attached hydrogen (secondary N) is 1. The molecule has 8 heteroatoms. The number of carbonyl (C=O) groups excluding carboxylic acids is 1. The fourth-order valence-electron chi connectivity index (χ4n) is 2.41. The first-order valence-electron chi connectivity index (χ1n) is 8.62. The van der Waals surface area contributed by atoms with E-state index in [1.807, 2.05) is 19.9 Å². The third kappa shape index (κ3) is 6.30. The molecule has 2 rings (SSSR count). The SMILES string of the molecule is COc1cc(/C=C(/C#N)C(=O)NC(C)C)cc(Cl)c1OCc1ccc(Cl)cc1Cl. The molecule has 0 saturated heterocycles. The molecule has 0 unspecified atom stereocenters. The minimum Gasteiger partial charge on any atom is -0.493 e. The number of halogens is 3. The maximum absolute atomic E-state index is 12.1. The second kappa shape index (κ2) is 10.4. The normalized spacial score (nSPS) is 11.2. The van der Waals surface area contributed by atoms with E-state index >= 15 is 0 Å². The van der Waals surface area contributed by atoms with E-state index in [0.29, 0.717) is 27.1 Å². The van der Waals surface area contributed by atoms with Crippen molar-refractivity contribution in [3.05, 3.63) is 62.1 Å². The molecule has 5 nitrogen and oxygen atoms in total. The molecule has 0 atom stereocenters. The van der Waals surface area contributed by atoms with Crippen LogP contribution < -0.4 is 14.8 Å². The van der Waals surface area contributed by atoms with Crippen molar-refractivity contribution >= 4 is 46.8 Å². The topological polar surface area (TPSA) is 71.3 Å². The van der Waals surface area contributed by atoms with Crippen LogP contribution in [0.1, 0.15) is 25.0 Å². The van der Waals surface area contributed by atoms with Crippen LogP contribution in [0.15, 0.2) is 35.9 Å². The number of nitriles is 1. The highest BCUT2D eigenvalue weighted by molar-refractivity contribution is 6.35. The molecule has 0 saturated carbocycles. The molecule has 152 valence electrons. The summed E-state index contributed by atoms with van der Waals surface area (Å²) in [4.78, 5) is 12.1. The van der Waals surface area contributed by atoms with E-state index in [9.17, 15) is 10.1 Å². The molecular formula is C21H19Cl3N2O3. The maximum atomic E-state index is 12.1. The molecule has 0 aliphatic rings. The smallest absolute Gasteiger partial charge is 0.262 e. The van der Waals surface area contributed by atoms with Gasteiger partial charge in [-0.15, -0.1) is 0 Å². The molecule has 2 aromatic carbocycles. The van der Waals surface area contributed by atoms with Gasteiger partial charge in [-0.3, -0.25) is 4.79 Å². The van der Waals surface area contributed by atoms with Crippen LogP contribution in [0.2, 0.25) is 15.1 Å². The summed E-state index contributed by atoms with van der Waals surface area (Å²) in [5.41, 5.74) is 1.22. The first-order chi connectivity index (χ1) is 13.7. The predicted molar refractivity (Wildman–Crippen MR) is 116 cm³/mol. The number of ether oxygens (including phenoxy) is 2. The number of hydrogen-bond donors (Lipinski definition) is 1. The van der Waals surface area contributed by atoms with E-state index in [-0.39, 0.29) is 23.2 Å². The van der Waals surface area contributed by atoms with Gasteiger partial charge in [0.25, 0.3) is 5.91 Å². The molecule has 0 bridgehead atoms. The van der Waals surface area contributed by atoms with Crippen molar-refractivity contribution < 1.29 is 14.3 Å². The van der Waals surface area contributed by atoms with E-state index < -0.39 is 5.91 Å². The molecule has 0 fully saturated rings. The van der Waals surface area contributed by atoms with Gasteiger partial charge < -0.3 is 14.8 Å². The quantitative estimate of drug-likeness (QED) is 0.433. The van der Waals surface area contributed by atoms with Crippen LogP contribution in [0.25, 0.3) is 6.08 Å². The first kappa shape index (κ1) is 22.9. The number of amides is 1. The second-order valence-corrected chi connectivity index (χ2v) is 7.61. The van der Waals surface area contributed by atoms with Gasteiger partial charge in [0, 0.05) is 21.7 Å². The van der Waals surface area contributed by atoms with Gasteiger partial charge in [0.05, 0.1) is 12.1 Å². The zero-order valence-corrected chi connectivity index (χ0v) is 18.3. The Kier molecular flexibility index (Phi) is 8.21. The highest BCUT2D eigenvalue weighted by Gasteiger charge is 2.15. The van der Waals surface area contributed by atoms with Crippen molar-refractivity contribution in [2.45, 2.75) is 26.5 Å². The summed E-state index contributed by atoms with van der Waals surface area (Å²) in [6, 6.07) is 10.1. The van der Waals surface area contributed by atoms with Gasteiger partial charge in [-0.25, -0.2) is 0 Å². The minimum atomic E-state index is -0.463. The van der Waals surface area contributed by atoms with Crippen LogP contribution in [-0.4, -0.2) is 19.1 Å². The van der Waals surface area contributed by atoms with Crippen LogP contribution in [0.5, 0.6) is 11.5 Å². The van der Waals surface area contributed by atoms with Crippen LogP contribution in [0, 0.1) is 11.3 Å². The Labute approximate surface area is 184 Å². The van der Waals surface area contributed by atoms with Crippen LogP contribution >= 0.6 is 34.8 Å². The lowest BCUT2D eigenvalue weighted by atomic mass is 10.1. The van der Waals surface area contributed by atoms with E-state index in [1.165, 1.54) is 13.2 Å². The van der Waals surface area contributed by atoms with Gasteiger partial charge in [-0.1, -0.05) is 40.9 Å². The monoisotopic (exact) mass is 452 g/mol. The third-order valence-corrected chi connectivity index (χ3v) is 4.60. The van der Waals surface area contributed by atoms with E-state index in [4.69, 9.17) is 44.3 Å². The van der Waals surface area contributed by atoms with Crippen molar-refractivity contribution in [2.24, 2.45) is 0 Å². The summed E-state index contributed by atoms with van der Waals surface area (Å²) in [7, 11) is 1.47. The Morgan fingerprint density at radius 2 is 1.93 bits per heavy atom. The lowest BCUT2D eigenvalue weighted by Gasteiger charge is -2.14. The molecule has 0 aliphatic heterocycles. The Morgan fingerprint density at radius 1 is 1.21 bits per heavy atom. The van der Waals surface area contributed by atoms with Crippen molar-refractivity contribution in [1.29, 1.82) is 5.26 Å². The molecule has 0 radical (unpaired) electrons. The third-order valence-electron chi connectivity index (χ3n) is 3.73. The molecule has 1 amide bonds. The van der Waals surface area contributed by atoms with Gasteiger partial charge in [0.2, 0.25) is 0 Å². The lowest BCUT2D eigenvalue weighted by molar-refractivity contribution is -0.117. The van der Waals surface area contributed by atoms with Gasteiger partial charge in [0.1, 0.15) is 18.2 Å². The van der Waals surface area contributed by atoms with Crippen molar-refractivity contribution in [2.75, 3.05) is 7.11 Å². The maximum Gasteiger partial charge on any atom is 0.262 e. The highest BCUT2D eigenvalue weighted by atomic mass is 35.5. The summed E-state index contributed by atoms with van der Waals surface area (Å²) < 4.78 is 11.2. The number of benzene rings is 2. The molecule has 0 spiro atoms. The number of nitrogens with zero attached hydrogens (tertiary/aromatic N) is 1. The summed E-state index contributed by atoms with van der Waals surface area (Å²) in [5.74, 6) is 0.216. The standard InChI is InChI=1S/C21H19Cl3N2O3/c1-12(2)26-21(27)15(10-25)6-13-7-18(24)20(19(8-13)28-3)29-11-14-4-5-16(22)9-17(14)23/h4-9,12H,11H2,1-3H3,(H,26,27)/b15-6-. The molecule has 2 aromatic rings. The van der Waals surface area contributed by atoms with Crippen LogP contribution in [0.4, 0.5) is 0 Å². The number of carbonyl (C=O) groups is 1. The van der Waals surface area contributed by atoms with Gasteiger partial charge in [-0.2, -0.15) is 5.26 Å². The fraction of sp³-hybridized carbons (Fsp3) is 0.238. The summed E-state index contributed by atoms with van der Waals surface area (Å²) in [6.07, 6.45) is 1.44. The van der Waals surface area contributed by atoms with E-state index in [0.717, 1.165) is 5.56 Å². The Morgan fingerprint density at radius 3 is 2.52 bits per heavy atom. The fourth-order valence-corrected chi connectivity index (χ4v) is 3.14. The zero-order chi connectivity index (χ0) is 21.6. The minimum absolute atomic E-state index is 0.0431. The highest BCUT2D eigenvalue weighted by Crippen LogP contribution is 2.38. The van der Waals surface area contributed by atoms with E-state index in [1.54, 1.807) is 30.3 Å². The molecule has 0 aliphatic carbocycles. The average Bonchev–Trinajstić information content (AvgIpc) is 2.65. The van der Waals surface area contributed by atoms with Crippen molar-refractivity contribution in [1.82, 2.24) is 5.32 Å². The number of hydrogen-bond acceptors (Lipinski definition) is 4. The lowest BCUT2D eigenvalue weighted by Crippen LogP contribution is -2.30. The Hall–Kier alpha value is -2.39.